The van der Waals surface area contributed by atoms with Gasteiger partial charge in [-0.25, -0.2) is 9.18 Å². The van der Waals surface area contributed by atoms with Crippen molar-refractivity contribution < 1.29 is 9.18 Å². The largest absolute Gasteiger partial charge is 0.337 e. The number of carbonyl (C=O) groups excluding carboxylic acids is 1. The number of amides is 2. The molecule has 3 nitrogen and oxygen atoms in total. The molecule has 0 atom stereocenters. The van der Waals surface area contributed by atoms with Crippen molar-refractivity contribution in [2.45, 2.75) is 37.6 Å². The van der Waals surface area contributed by atoms with E-state index in [4.69, 9.17) is 0 Å². The van der Waals surface area contributed by atoms with Crippen LogP contribution in [0.4, 0.5) is 9.18 Å². The zero-order valence-electron chi connectivity index (χ0n) is 14.7. The molecule has 0 bridgehead atoms. The van der Waals surface area contributed by atoms with Gasteiger partial charge in [-0.3, -0.25) is 0 Å². The lowest BCUT2D eigenvalue weighted by Gasteiger charge is -2.31. The second kappa shape index (κ2) is 7.68. The fraction of sp³-hybridized carbons (Fsp3) is 0.381. The van der Waals surface area contributed by atoms with Gasteiger partial charge in [-0.15, -0.1) is 0 Å². The fourth-order valence-electron chi connectivity index (χ4n) is 3.73. The van der Waals surface area contributed by atoms with Gasteiger partial charge in [0, 0.05) is 25.6 Å². The number of nitrogens with zero attached hydrogens (tertiary/aromatic N) is 1. The van der Waals surface area contributed by atoms with Crippen molar-refractivity contribution in [3.05, 3.63) is 71.5 Å². The topological polar surface area (TPSA) is 32.3 Å². The van der Waals surface area contributed by atoms with Gasteiger partial charge in [0.1, 0.15) is 5.82 Å². The second-order valence-electron chi connectivity index (χ2n) is 6.99. The summed E-state index contributed by atoms with van der Waals surface area (Å²) in [5.74, 6) is -0.262. The molecule has 0 aromatic heterocycles. The van der Waals surface area contributed by atoms with E-state index in [1.54, 1.807) is 24.1 Å². The first-order chi connectivity index (χ1) is 12.1. The third-order valence-corrected chi connectivity index (χ3v) is 5.20. The SMILES string of the molecule is CN(Cc1ccc(F)cc1)C(=O)NCC1(c2ccccc2)CCCC1. The quantitative estimate of drug-likeness (QED) is 0.855. The maximum absolute atomic E-state index is 13.0. The van der Waals surface area contributed by atoms with E-state index in [2.05, 4.69) is 29.6 Å². The predicted octanol–water partition coefficient (Wildman–Crippen LogP) is 4.48. The Balaban J connectivity index is 1.61. The standard InChI is InChI=1S/C21H25FN2O/c1-24(15-17-9-11-19(22)12-10-17)20(25)23-16-21(13-5-6-14-21)18-7-3-2-4-8-18/h2-4,7-12H,5-6,13-16H2,1H3,(H,23,25). The van der Waals surface area contributed by atoms with Crippen molar-refractivity contribution in [2.75, 3.05) is 13.6 Å². The Hall–Kier alpha value is -2.36. The summed E-state index contributed by atoms with van der Waals surface area (Å²) in [6.07, 6.45) is 4.63. The first-order valence-electron chi connectivity index (χ1n) is 8.88. The van der Waals surface area contributed by atoms with Crippen LogP contribution in [0.3, 0.4) is 0 Å². The van der Waals surface area contributed by atoms with Crippen LogP contribution in [-0.2, 0) is 12.0 Å². The van der Waals surface area contributed by atoms with Crippen LogP contribution in [0.1, 0.15) is 36.8 Å². The van der Waals surface area contributed by atoms with E-state index in [-0.39, 0.29) is 17.3 Å². The van der Waals surface area contributed by atoms with Crippen molar-refractivity contribution in [1.82, 2.24) is 10.2 Å². The number of hydrogen-bond acceptors (Lipinski definition) is 1. The molecule has 2 aromatic rings. The second-order valence-corrected chi connectivity index (χ2v) is 6.99. The summed E-state index contributed by atoms with van der Waals surface area (Å²) in [6.45, 7) is 1.12. The van der Waals surface area contributed by atoms with Gasteiger partial charge in [0.15, 0.2) is 0 Å². The summed E-state index contributed by atoms with van der Waals surface area (Å²) in [6, 6.07) is 16.7. The number of rotatable bonds is 5. The van der Waals surface area contributed by atoms with E-state index in [1.165, 1.54) is 30.5 Å². The van der Waals surface area contributed by atoms with Crippen LogP contribution in [0.15, 0.2) is 54.6 Å². The minimum Gasteiger partial charge on any atom is -0.337 e. The number of hydrogen-bond donors (Lipinski definition) is 1. The van der Waals surface area contributed by atoms with Crippen LogP contribution >= 0.6 is 0 Å². The molecule has 1 aliphatic carbocycles. The van der Waals surface area contributed by atoms with Gasteiger partial charge >= 0.3 is 6.03 Å². The van der Waals surface area contributed by atoms with Gasteiger partial charge in [-0.2, -0.15) is 0 Å². The molecule has 0 aliphatic heterocycles. The maximum atomic E-state index is 13.0. The van der Waals surface area contributed by atoms with Crippen LogP contribution in [0.25, 0.3) is 0 Å². The van der Waals surface area contributed by atoms with Gasteiger partial charge in [-0.1, -0.05) is 55.3 Å². The Morgan fingerprint density at radius 3 is 2.36 bits per heavy atom. The molecule has 0 saturated heterocycles. The summed E-state index contributed by atoms with van der Waals surface area (Å²) >= 11 is 0. The van der Waals surface area contributed by atoms with Crippen molar-refractivity contribution >= 4 is 6.03 Å². The van der Waals surface area contributed by atoms with Gasteiger partial charge in [0.05, 0.1) is 0 Å². The zero-order chi connectivity index (χ0) is 17.7. The molecule has 1 N–H and O–H groups in total. The lowest BCUT2D eigenvalue weighted by molar-refractivity contribution is 0.203. The molecule has 0 radical (unpaired) electrons. The Bertz CT molecular complexity index is 694. The Kier molecular flexibility index (Phi) is 5.37. The van der Waals surface area contributed by atoms with Crippen LogP contribution in [0.2, 0.25) is 0 Å². The first-order valence-corrected chi connectivity index (χ1v) is 8.88. The van der Waals surface area contributed by atoms with Crippen LogP contribution in [0.5, 0.6) is 0 Å². The number of urea groups is 1. The van der Waals surface area contributed by atoms with Crippen LogP contribution < -0.4 is 5.32 Å². The average molecular weight is 340 g/mol. The van der Waals surface area contributed by atoms with Gasteiger partial charge < -0.3 is 10.2 Å². The summed E-state index contributed by atoms with van der Waals surface area (Å²) in [5.41, 5.74) is 2.28. The van der Waals surface area contributed by atoms with Crippen molar-refractivity contribution in [1.29, 1.82) is 0 Å². The molecule has 4 heteroatoms. The summed E-state index contributed by atoms with van der Waals surface area (Å²) in [7, 11) is 1.77. The molecule has 25 heavy (non-hydrogen) atoms. The molecule has 2 amide bonds. The molecule has 3 rings (SSSR count). The fourth-order valence-corrected chi connectivity index (χ4v) is 3.73. The number of nitrogens with one attached hydrogen (secondary N) is 1. The molecule has 1 aliphatic rings. The highest BCUT2D eigenvalue weighted by Gasteiger charge is 2.35. The van der Waals surface area contributed by atoms with E-state index < -0.39 is 0 Å². The molecule has 1 saturated carbocycles. The molecule has 1 fully saturated rings. The molecular formula is C21H25FN2O. The van der Waals surface area contributed by atoms with Crippen molar-refractivity contribution in [3.8, 4) is 0 Å². The number of carbonyl (C=O) groups is 1. The van der Waals surface area contributed by atoms with E-state index in [0.717, 1.165) is 18.4 Å². The minimum absolute atomic E-state index is 0.0492. The maximum Gasteiger partial charge on any atom is 0.317 e. The molecule has 0 unspecified atom stereocenters. The van der Waals surface area contributed by atoms with Crippen molar-refractivity contribution in [3.63, 3.8) is 0 Å². The van der Waals surface area contributed by atoms with Crippen LogP contribution in [0, 0.1) is 5.82 Å². The van der Waals surface area contributed by atoms with Crippen LogP contribution in [-0.4, -0.2) is 24.5 Å². The Labute approximate surface area is 148 Å². The van der Waals surface area contributed by atoms with E-state index in [1.807, 2.05) is 6.07 Å². The monoisotopic (exact) mass is 340 g/mol. The summed E-state index contributed by atoms with van der Waals surface area (Å²) in [5, 5.41) is 3.11. The molecule has 0 heterocycles. The smallest absolute Gasteiger partial charge is 0.317 e. The van der Waals surface area contributed by atoms with E-state index in [0.29, 0.717) is 13.1 Å². The number of benzene rings is 2. The van der Waals surface area contributed by atoms with Gasteiger partial charge in [0.25, 0.3) is 0 Å². The molecule has 132 valence electrons. The predicted molar refractivity (Wildman–Crippen MR) is 97.9 cm³/mol. The average Bonchev–Trinajstić information content (AvgIpc) is 3.12. The van der Waals surface area contributed by atoms with E-state index >= 15 is 0 Å². The first kappa shape index (κ1) is 17.5. The van der Waals surface area contributed by atoms with E-state index in [9.17, 15) is 9.18 Å². The lowest BCUT2D eigenvalue weighted by atomic mass is 9.79. The number of halogens is 1. The lowest BCUT2D eigenvalue weighted by Crippen LogP contribution is -2.44. The summed E-state index contributed by atoms with van der Waals surface area (Å²) in [4.78, 5) is 14.1. The molecule has 0 spiro atoms. The molecule has 2 aromatic carbocycles. The zero-order valence-corrected chi connectivity index (χ0v) is 14.7. The van der Waals surface area contributed by atoms with Crippen molar-refractivity contribution in [2.24, 2.45) is 0 Å². The van der Waals surface area contributed by atoms with Gasteiger partial charge in [0.2, 0.25) is 0 Å². The van der Waals surface area contributed by atoms with Gasteiger partial charge in [-0.05, 0) is 36.1 Å². The normalized spacial score (nSPS) is 15.8. The highest BCUT2D eigenvalue weighted by atomic mass is 19.1. The highest BCUT2D eigenvalue weighted by Crippen LogP contribution is 2.40. The Morgan fingerprint density at radius 1 is 1.08 bits per heavy atom. The summed E-state index contributed by atoms with van der Waals surface area (Å²) < 4.78 is 13.0. The third kappa shape index (κ3) is 4.19. The molecular weight excluding hydrogens is 315 g/mol. The third-order valence-electron chi connectivity index (χ3n) is 5.20. The minimum atomic E-state index is -0.262. The highest BCUT2D eigenvalue weighted by molar-refractivity contribution is 5.74. The Morgan fingerprint density at radius 2 is 1.72 bits per heavy atom.